The quantitative estimate of drug-likeness (QED) is 0.600. The molecular formula is C16H21N3O2S. The zero-order valence-corrected chi connectivity index (χ0v) is 13.7. The second kappa shape index (κ2) is 8.48. The Bertz CT molecular complexity index is 570. The molecule has 1 unspecified atom stereocenters. The Morgan fingerprint density at radius 2 is 2.18 bits per heavy atom. The molecule has 0 radical (unpaired) electrons. The molecule has 0 aliphatic heterocycles. The van der Waals surface area contributed by atoms with Gasteiger partial charge in [-0.2, -0.15) is 5.10 Å². The summed E-state index contributed by atoms with van der Waals surface area (Å²) < 4.78 is 6.98. The van der Waals surface area contributed by atoms with Gasteiger partial charge in [0.05, 0.1) is 12.4 Å². The van der Waals surface area contributed by atoms with E-state index in [2.05, 4.69) is 10.4 Å². The van der Waals surface area contributed by atoms with Gasteiger partial charge in [0.15, 0.2) is 0 Å². The monoisotopic (exact) mass is 319 g/mol. The molecule has 1 atom stereocenters. The molecule has 118 valence electrons. The summed E-state index contributed by atoms with van der Waals surface area (Å²) in [7, 11) is 1.64. The van der Waals surface area contributed by atoms with E-state index in [9.17, 15) is 4.79 Å². The molecule has 0 spiro atoms. The number of nitrogens with one attached hydrogen (secondary N) is 1. The number of amides is 1. The van der Waals surface area contributed by atoms with Crippen molar-refractivity contribution in [3.63, 3.8) is 0 Å². The average Bonchev–Trinajstić information content (AvgIpc) is 3.05. The molecule has 1 aromatic heterocycles. The van der Waals surface area contributed by atoms with E-state index >= 15 is 0 Å². The largest absolute Gasteiger partial charge is 0.497 e. The molecule has 22 heavy (non-hydrogen) atoms. The minimum absolute atomic E-state index is 0.0567. The van der Waals surface area contributed by atoms with Crippen LogP contribution >= 0.6 is 11.8 Å². The predicted octanol–water partition coefficient (Wildman–Crippen LogP) is 2.58. The Morgan fingerprint density at radius 3 is 2.82 bits per heavy atom. The van der Waals surface area contributed by atoms with Crippen LogP contribution in [0.3, 0.4) is 0 Å². The zero-order chi connectivity index (χ0) is 15.8. The normalized spacial score (nSPS) is 11.9. The number of benzene rings is 1. The Morgan fingerprint density at radius 1 is 1.41 bits per heavy atom. The minimum Gasteiger partial charge on any atom is -0.497 e. The van der Waals surface area contributed by atoms with Gasteiger partial charge < -0.3 is 10.1 Å². The molecule has 2 rings (SSSR count). The van der Waals surface area contributed by atoms with Crippen LogP contribution in [0.25, 0.3) is 0 Å². The number of rotatable bonds is 8. The van der Waals surface area contributed by atoms with E-state index in [1.54, 1.807) is 25.1 Å². The fourth-order valence-electron chi connectivity index (χ4n) is 1.94. The molecule has 1 N–H and O–H groups in total. The first-order valence-corrected chi connectivity index (χ1v) is 8.13. The van der Waals surface area contributed by atoms with Gasteiger partial charge in [0, 0.05) is 30.4 Å². The van der Waals surface area contributed by atoms with E-state index in [4.69, 9.17) is 4.74 Å². The van der Waals surface area contributed by atoms with E-state index in [1.807, 2.05) is 48.1 Å². The van der Waals surface area contributed by atoms with Crippen molar-refractivity contribution in [1.29, 1.82) is 0 Å². The number of nitrogens with zero attached hydrogens (tertiary/aromatic N) is 2. The SMILES string of the molecule is COc1ccc(SC(C)C(=O)NCCCn2cccn2)cc1. The topological polar surface area (TPSA) is 56.1 Å². The van der Waals surface area contributed by atoms with Crippen LogP contribution in [0.15, 0.2) is 47.6 Å². The van der Waals surface area contributed by atoms with Crippen molar-refractivity contribution in [3.05, 3.63) is 42.7 Å². The first kappa shape index (κ1) is 16.4. The van der Waals surface area contributed by atoms with Crippen molar-refractivity contribution in [1.82, 2.24) is 15.1 Å². The van der Waals surface area contributed by atoms with Crippen LogP contribution in [-0.4, -0.2) is 34.6 Å². The lowest BCUT2D eigenvalue weighted by Gasteiger charge is -2.12. The minimum atomic E-state index is -0.127. The van der Waals surface area contributed by atoms with Gasteiger partial charge in [0.2, 0.25) is 5.91 Å². The molecule has 1 heterocycles. The van der Waals surface area contributed by atoms with E-state index in [-0.39, 0.29) is 11.2 Å². The summed E-state index contributed by atoms with van der Waals surface area (Å²) in [4.78, 5) is 13.1. The molecule has 0 aliphatic rings. The number of carbonyl (C=O) groups is 1. The summed E-state index contributed by atoms with van der Waals surface area (Å²) in [6, 6.07) is 9.62. The summed E-state index contributed by atoms with van der Waals surface area (Å²) in [6.45, 7) is 3.39. The zero-order valence-electron chi connectivity index (χ0n) is 12.9. The Kier molecular flexibility index (Phi) is 6.33. The van der Waals surface area contributed by atoms with Crippen molar-refractivity contribution in [2.75, 3.05) is 13.7 Å². The average molecular weight is 319 g/mol. The maximum absolute atomic E-state index is 12.1. The van der Waals surface area contributed by atoms with E-state index < -0.39 is 0 Å². The highest BCUT2D eigenvalue weighted by molar-refractivity contribution is 8.00. The molecule has 0 saturated carbocycles. The van der Waals surface area contributed by atoms with Gasteiger partial charge in [0.1, 0.15) is 5.75 Å². The number of aromatic nitrogens is 2. The van der Waals surface area contributed by atoms with Crippen LogP contribution in [-0.2, 0) is 11.3 Å². The molecule has 6 heteroatoms. The Labute approximate surface area is 135 Å². The van der Waals surface area contributed by atoms with Gasteiger partial charge in [-0.1, -0.05) is 0 Å². The lowest BCUT2D eigenvalue weighted by Crippen LogP contribution is -2.32. The highest BCUT2D eigenvalue weighted by Gasteiger charge is 2.13. The molecule has 0 fully saturated rings. The fourth-order valence-corrected chi connectivity index (χ4v) is 2.83. The van der Waals surface area contributed by atoms with Crippen molar-refractivity contribution in [3.8, 4) is 5.75 Å². The number of aryl methyl sites for hydroxylation is 1. The number of thioether (sulfide) groups is 1. The lowest BCUT2D eigenvalue weighted by molar-refractivity contribution is -0.120. The van der Waals surface area contributed by atoms with Crippen LogP contribution in [0, 0.1) is 0 Å². The third-order valence-electron chi connectivity index (χ3n) is 3.16. The van der Waals surface area contributed by atoms with Gasteiger partial charge in [0.25, 0.3) is 0 Å². The number of hydrogen-bond donors (Lipinski definition) is 1. The van der Waals surface area contributed by atoms with Crippen molar-refractivity contribution < 1.29 is 9.53 Å². The third kappa shape index (κ3) is 5.11. The van der Waals surface area contributed by atoms with E-state index in [1.165, 1.54) is 0 Å². The molecule has 0 saturated heterocycles. The summed E-state index contributed by atoms with van der Waals surface area (Å²) in [5.41, 5.74) is 0. The molecule has 0 bridgehead atoms. The Hall–Kier alpha value is -1.95. The molecule has 1 aromatic carbocycles. The van der Waals surface area contributed by atoms with Gasteiger partial charge in [-0.15, -0.1) is 11.8 Å². The summed E-state index contributed by atoms with van der Waals surface area (Å²) >= 11 is 1.54. The number of carbonyl (C=O) groups excluding carboxylic acids is 1. The van der Waals surface area contributed by atoms with Crippen molar-refractivity contribution in [2.45, 2.75) is 30.0 Å². The smallest absolute Gasteiger partial charge is 0.233 e. The highest BCUT2D eigenvalue weighted by Crippen LogP contribution is 2.25. The van der Waals surface area contributed by atoms with Crippen LogP contribution in [0.5, 0.6) is 5.75 Å². The predicted molar refractivity (Wildman–Crippen MR) is 88.2 cm³/mol. The van der Waals surface area contributed by atoms with Crippen molar-refractivity contribution >= 4 is 17.7 Å². The van der Waals surface area contributed by atoms with Crippen LogP contribution in [0.2, 0.25) is 0 Å². The van der Waals surface area contributed by atoms with Gasteiger partial charge in [-0.3, -0.25) is 9.48 Å². The standard InChI is InChI=1S/C16H21N3O2S/c1-13(22-15-7-5-14(21-2)6-8-15)16(20)17-9-3-11-19-12-4-10-18-19/h4-8,10,12-13H,3,9,11H2,1-2H3,(H,17,20). The summed E-state index contributed by atoms with van der Waals surface area (Å²) in [5.74, 6) is 0.876. The van der Waals surface area contributed by atoms with Crippen LogP contribution in [0.4, 0.5) is 0 Å². The Balaban J connectivity index is 1.69. The first-order valence-electron chi connectivity index (χ1n) is 7.25. The van der Waals surface area contributed by atoms with Gasteiger partial charge >= 0.3 is 0 Å². The fraction of sp³-hybridized carbons (Fsp3) is 0.375. The number of methoxy groups -OCH3 is 1. The maximum Gasteiger partial charge on any atom is 0.233 e. The number of hydrogen-bond acceptors (Lipinski definition) is 4. The van der Waals surface area contributed by atoms with E-state index in [0.717, 1.165) is 23.6 Å². The first-order chi connectivity index (χ1) is 10.7. The summed E-state index contributed by atoms with van der Waals surface area (Å²) in [5, 5.41) is 6.96. The number of ether oxygens (including phenoxy) is 1. The molecule has 5 nitrogen and oxygen atoms in total. The molecular weight excluding hydrogens is 298 g/mol. The molecule has 2 aromatic rings. The molecule has 0 aliphatic carbocycles. The lowest BCUT2D eigenvalue weighted by atomic mass is 10.3. The highest BCUT2D eigenvalue weighted by atomic mass is 32.2. The second-order valence-corrected chi connectivity index (χ2v) is 6.26. The second-order valence-electron chi connectivity index (χ2n) is 4.85. The summed E-state index contributed by atoms with van der Waals surface area (Å²) in [6.07, 6.45) is 4.55. The third-order valence-corrected chi connectivity index (χ3v) is 4.28. The molecule has 1 amide bonds. The van der Waals surface area contributed by atoms with Gasteiger partial charge in [-0.25, -0.2) is 0 Å². The van der Waals surface area contributed by atoms with Gasteiger partial charge in [-0.05, 0) is 43.7 Å². The maximum atomic E-state index is 12.1. The van der Waals surface area contributed by atoms with Crippen molar-refractivity contribution in [2.24, 2.45) is 0 Å². The van der Waals surface area contributed by atoms with Crippen LogP contribution < -0.4 is 10.1 Å². The van der Waals surface area contributed by atoms with E-state index in [0.29, 0.717) is 6.54 Å². The van der Waals surface area contributed by atoms with Crippen LogP contribution in [0.1, 0.15) is 13.3 Å².